The summed E-state index contributed by atoms with van der Waals surface area (Å²) in [7, 11) is 2.85. The fourth-order valence-electron chi connectivity index (χ4n) is 4.39. The number of carbonyl (C=O) groups excluding carboxylic acids is 1. The summed E-state index contributed by atoms with van der Waals surface area (Å²) in [5, 5.41) is 2.38. The molecule has 0 bridgehead atoms. The summed E-state index contributed by atoms with van der Waals surface area (Å²) in [6, 6.07) is 11.1. The number of methoxy groups -OCH3 is 2. The molecule has 0 radical (unpaired) electrons. The second kappa shape index (κ2) is 11.8. The summed E-state index contributed by atoms with van der Waals surface area (Å²) in [4.78, 5) is 35.0. The molecular weight excluding hydrogens is 572 g/mol. The molecule has 0 atom stereocenters. The third kappa shape index (κ3) is 5.69. The summed E-state index contributed by atoms with van der Waals surface area (Å²) >= 11 is 0. The smallest absolute Gasteiger partial charge is 0.318 e. The maximum Gasteiger partial charge on any atom is 0.318 e. The Labute approximate surface area is 241 Å². The zero-order valence-electron chi connectivity index (χ0n) is 22.8. The molecule has 5 aromatic rings. The standard InChI is InChI=1S/C30H22F4N4O5/c1-15-25(27(39)19(14-38(15)30(33)34)16-4-6-17(31)7-5-16)28(40)36-18-8-9-22(20(32)12-18)43-23-10-11-35-21-13-24(41-2)29(42-3)37-26(21)23/h4-14,30H,1-3H3,(H,36,40). The van der Waals surface area contributed by atoms with Gasteiger partial charge in [-0.3, -0.25) is 19.1 Å². The highest BCUT2D eigenvalue weighted by molar-refractivity contribution is 6.05. The van der Waals surface area contributed by atoms with Crippen molar-refractivity contribution in [2.24, 2.45) is 0 Å². The van der Waals surface area contributed by atoms with E-state index >= 15 is 4.39 Å². The van der Waals surface area contributed by atoms with Crippen LogP contribution in [0.15, 0.2) is 71.8 Å². The molecule has 0 unspecified atom stereocenters. The zero-order valence-corrected chi connectivity index (χ0v) is 22.8. The van der Waals surface area contributed by atoms with Gasteiger partial charge in [-0.25, -0.2) is 13.8 Å². The maximum absolute atomic E-state index is 15.1. The van der Waals surface area contributed by atoms with Gasteiger partial charge in [0.1, 0.15) is 16.9 Å². The van der Waals surface area contributed by atoms with Gasteiger partial charge < -0.3 is 19.5 Å². The van der Waals surface area contributed by atoms with Gasteiger partial charge in [-0.05, 0) is 36.8 Å². The normalized spacial score (nSPS) is 11.1. The van der Waals surface area contributed by atoms with Gasteiger partial charge in [-0.1, -0.05) is 12.1 Å². The second-order valence-electron chi connectivity index (χ2n) is 9.10. The SMILES string of the molecule is COc1cc2nccc(Oc3ccc(NC(=O)c4c(C)n(C(F)F)cc(-c5ccc(F)cc5)c4=O)cc3F)c2nc1OC. The molecule has 2 aromatic carbocycles. The molecule has 43 heavy (non-hydrogen) atoms. The number of nitrogens with one attached hydrogen (secondary N) is 1. The van der Waals surface area contributed by atoms with E-state index in [1.54, 1.807) is 6.07 Å². The van der Waals surface area contributed by atoms with E-state index in [9.17, 15) is 22.8 Å². The minimum absolute atomic E-state index is 0.0754. The Morgan fingerprint density at radius 3 is 2.35 bits per heavy atom. The van der Waals surface area contributed by atoms with E-state index in [4.69, 9.17) is 14.2 Å². The van der Waals surface area contributed by atoms with Gasteiger partial charge in [0, 0.05) is 47.5 Å². The first-order chi connectivity index (χ1) is 20.6. The van der Waals surface area contributed by atoms with Crippen LogP contribution in [-0.4, -0.2) is 34.7 Å². The molecule has 0 fully saturated rings. The first kappa shape index (κ1) is 29.0. The number of pyridine rings is 3. The molecule has 0 spiro atoms. The van der Waals surface area contributed by atoms with Crippen molar-refractivity contribution in [1.82, 2.24) is 14.5 Å². The van der Waals surface area contributed by atoms with E-state index in [1.807, 2.05) is 0 Å². The average Bonchev–Trinajstić information content (AvgIpc) is 2.98. The Hall–Kier alpha value is -5.46. The minimum atomic E-state index is -3.08. The van der Waals surface area contributed by atoms with E-state index < -0.39 is 35.1 Å². The van der Waals surface area contributed by atoms with Gasteiger partial charge >= 0.3 is 6.55 Å². The van der Waals surface area contributed by atoms with Crippen LogP contribution in [-0.2, 0) is 0 Å². The summed E-state index contributed by atoms with van der Waals surface area (Å²) in [5.74, 6) is -2.09. The topological polar surface area (TPSA) is 105 Å². The Kier molecular flexibility index (Phi) is 7.97. The van der Waals surface area contributed by atoms with Gasteiger partial charge in [0.25, 0.3) is 11.8 Å². The fraction of sp³-hybridized carbons (Fsp3) is 0.133. The van der Waals surface area contributed by atoms with E-state index in [0.29, 0.717) is 15.8 Å². The molecule has 0 saturated carbocycles. The third-order valence-electron chi connectivity index (χ3n) is 6.51. The number of fused-ring (bicyclic) bond motifs is 1. The van der Waals surface area contributed by atoms with Crippen LogP contribution in [0.5, 0.6) is 23.1 Å². The lowest BCUT2D eigenvalue weighted by Crippen LogP contribution is -2.27. The van der Waals surface area contributed by atoms with Crippen molar-refractivity contribution in [2.45, 2.75) is 13.5 Å². The Morgan fingerprint density at radius 1 is 0.953 bits per heavy atom. The number of rotatable bonds is 8. The zero-order chi connectivity index (χ0) is 30.8. The number of alkyl halides is 2. The predicted octanol–water partition coefficient (Wildman–Crippen LogP) is 6.50. The Balaban J connectivity index is 1.45. The highest BCUT2D eigenvalue weighted by Crippen LogP contribution is 2.35. The number of benzene rings is 2. The number of carbonyl (C=O) groups is 1. The Morgan fingerprint density at radius 2 is 1.70 bits per heavy atom. The monoisotopic (exact) mass is 594 g/mol. The van der Waals surface area contributed by atoms with E-state index in [2.05, 4.69) is 15.3 Å². The molecule has 0 saturated heterocycles. The first-order valence-corrected chi connectivity index (χ1v) is 12.6. The van der Waals surface area contributed by atoms with Crippen molar-refractivity contribution < 1.29 is 36.6 Å². The molecule has 13 heteroatoms. The molecule has 1 amide bonds. The van der Waals surface area contributed by atoms with Crippen LogP contribution in [0.3, 0.4) is 0 Å². The van der Waals surface area contributed by atoms with Crippen molar-refractivity contribution in [3.63, 3.8) is 0 Å². The highest BCUT2D eigenvalue weighted by Gasteiger charge is 2.24. The van der Waals surface area contributed by atoms with E-state index in [0.717, 1.165) is 24.4 Å². The summed E-state index contributed by atoms with van der Waals surface area (Å²) in [6.07, 6.45) is 2.34. The van der Waals surface area contributed by atoms with Gasteiger partial charge in [0.2, 0.25) is 5.43 Å². The van der Waals surface area contributed by atoms with Crippen LogP contribution in [0.1, 0.15) is 22.6 Å². The van der Waals surface area contributed by atoms with Crippen molar-refractivity contribution in [3.05, 3.63) is 100 Å². The van der Waals surface area contributed by atoms with Gasteiger partial charge in [0.15, 0.2) is 23.1 Å². The van der Waals surface area contributed by atoms with Gasteiger partial charge in [-0.15, -0.1) is 0 Å². The lowest BCUT2D eigenvalue weighted by Gasteiger charge is -2.16. The summed E-state index contributed by atoms with van der Waals surface area (Å²) < 4.78 is 72.9. The quantitative estimate of drug-likeness (QED) is 0.205. The van der Waals surface area contributed by atoms with Crippen LogP contribution in [0.25, 0.3) is 22.2 Å². The number of ether oxygens (including phenoxy) is 3. The van der Waals surface area contributed by atoms with Crippen LogP contribution < -0.4 is 25.0 Å². The van der Waals surface area contributed by atoms with E-state index in [1.165, 1.54) is 57.7 Å². The van der Waals surface area contributed by atoms with Crippen molar-refractivity contribution in [1.29, 1.82) is 0 Å². The first-order valence-electron chi connectivity index (χ1n) is 12.6. The molecule has 0 aliphatic carbocycles. The number of hydrogen-bond acceptors (Lipinski definition) is 7. The molecule has 220 valence electrons. The third-order valence-corrected chi connectivity index (χ3v) is 6.51. The number of halogens is 4. The number of amides is 1. The minimum Gasteiger partial charge on any atom is -0.491 e. The van der Waals surface area contributed by atoms with Crippen LogP contribution in [0.4, 0.5) is 23.2 Å². The molecule has 3 aromatic heterocycles. The molecule has 5 rings (SSSR count). The van der Waals surface area contributed by atoms with Crippen molar-refractivity contribution >= 4 is 22.6 Å². The van der Waals surface area contributed by atoms with Crippen LogP contribution in [0, 0.1) is 18.6 Å². The fourth-order valence-corrected chi connectivity index (χ4v) is 4.39. The van der Waals surface area contributed by atoms with Gasteiger partial charge in [-0.2, -0.15) is 8.78 Å². The number of hydrogen-bond donors (Lipinski definition) is 1. The largest absolute Gasteiger partial charge is 0.491 e. The molecule has 1 N–H and O–H groups in total. The number of nitrogens with zero attached hydrogens (tertiary/aromatic N) is 3. The molecule has 9 nitrogen and oxygen atoms in total. The van der Waals surface area contributed by atoms with Crippen molar-refractivity contribution in [3.8, 4) is 34.3 Å². The number of aromatic nitrogens is 3. The molecule has 3 heterocycles. The summed E-state index contributed by atoms with van der Waals surface area (Å²) in [6.45, 7) is -1.90. The lowest BCUT2D eigenvalue weighted by atomic mass is 10.0. The molecule has 0 aliphatic rings. The van der Waals surface area contributed by atoms with Crippen LogP contribution in [0.2, 0.25) is 0 Å². The maximum atomic E-state index is 15.1. The lowest BCUT2D eigenvalue weighted by molar-refractivity contribution is 0.0672. The van der Waals surface area contributed by atoms with Crippen LogP contribution >= 0.6 is 0 Å². The van der Waals surface area contributed by atoms with Crippen molar-refractivity contribution in [2.75, 3.05) is 19.5 Å². The summed E-state index contributed by atoms with van der Waals surface area (Å²) in [5.41, 5.74) is -1.27. The van der Waals surface area contributed by atoms with E-state index in [-0.39, 0.29) is 45.4 Å². The second-order valence-corrected chi connectivity index (χ2v) is 9.10. The van der Waals surface area contributed by atoms with Gasteiger partial charge in [0.05, 0.1) is 19.7 Å². The predicted molar refractivity (Wildman–Crippen MR) is 149 cm³/mol. The highest BCUT2D eigenvalue weighted by atomic mass is 19.3. The molecular formula is C30H22F4N4O5. The number of anilines is 1. The Bertz CT molecular complexity index is 1910. The molecule has 0 aliphatic heterocycles. The average molecular weight is 595 g/mol.